The van der Waals surface area contributed by atoms with Gasteiger partial charge in [0, 0.05) is 12.7 Å². The number of likely N-dealkylation sites (N-methyl/N-ethyl adjacent to an activating group) is 1. The van der Waals surface area contributed by atoms with Gasteiger partial charge in [0.2, 0.25) is 0 Å². The summed E-state index contributed by atoms with van der Waals surface area (Å²) in [6.07, 6.45) is 0. The number of anilines is 1. The number of ether oxygens (including phenoxy) is 1. The van der Waals surface area contributed by atoms with Gasteiger partial charge in [-0.2, -0.15) is 0 Å². The highest BCUT2D eigenvalue weighted by Crippen LogP contribution is 2.15. The van der Waals surface area contributed by atoms with Gasteiger partial charge < -0.3 is 9.64 Å². The number of hydrogen-bond donors (Lipinski definition) is 0. The molecule has 0 amide bonds. The molecule has 0 heterocycles. The highest BCUT2D eigenvalue weighted by atomic mass is 16.5. The molecule has 0 radical (unpaired) electrons. The molecule has 1 rings (SSSR count). The molecule has 0 spiro atoms. The molecule has 0 aliphatic heterocycles. The number of rotatable bonds is 4. The monoisotopic (exact) mass is 235 g/mol. The van der Waals surface area contributed by atoms with Gasteiger partial charge >= 0.3 is 5.97 Å². The molecule has 0 aromatic heterocycles. The highest BCUT2D eigenvalue weighted by Gasteiger charge is 2.22. The lowest BCUT2D eigenvalue weighted by Gasteiger charge is -2.21. The molecule has 0 bridgehead atoms. The summed E-state index contributed by atoms with van der Waals surface area (Å²) in [5.41, 5.74) is 0.699. The number of nitrogens with zero attached hydrogens (tertiary/aromatic N) is 1. The van der Waals surface area contributed by atoms with E-state index in [1.807, 2.05) is 58.2 Å². The zero-order chi connectivity index (χ0) is 12.9. The Morgan fingerprint density at radius 2 is 1.82 bits per heavy atom. The fraction of sp³-hybridized carbons (Fsp3) is 0.500. The van der Waals surface area contributed by atoms with Gasteiger partial charge in [0.1, 0.15) is 6.61 Å². The van der Waals surface area contributed by atoms with Gasteiger partial charge in [0.15, 0.2) is 0 Å². The Morgan fingerprint density at radius 3 is 2.35 bits per heavy atom. The third kappa shape index (κ3) is 4.47. The van der Waals surface area contributed by atoms with Crippen molar-refractivity contribution in [2.24, 2.45) is 5.41 Å². The molecule has 94 valence electrons. The molecule has 1 aromatic rings. The van der Waals surface area contributed by atoms with Gasteiger partial charge in [-0.3, -0.25) is 4.79 Å². The standard InChI is InChI=1S/C14H21NO2/c1-14(2,3)13(16)17-11-10-15(4)12-8-6-5-7-9-12/h5-9H,10-11H2,1-4H3. The van der Waals surface area contributed by atoms with E-state index in [0.29, 0.717) is 13.2 Å². The Kier molecular flexibility index (Phi) is 4.55. The van der Waals surface area contributed by atoms with Gasteiger partial charge in [-0.25, -0.2) is 0 Å². The smallest absolute Gasteiger partial charge is 0.311 e. The first kappa shape index (κ1) is 13.6. The van der Waals surface area contributed by atoms with Crippen LogP contribution in [0.4, 0.5) is 5.69 Å². The van der Waals surface area contributed by atoms with E-state index in [1.54, 1.807) is 0 Å². The van der Waals surface area contributed by atoms with Crippen LogP contribution in [0.2, 0.25) is 0 Å². The highest BCUT2D eigenvalue weighted by molar-refractivity contribution is 5.75. The summed E-state index contributed by atoms with van der Waals surface area (Å²) in [5.74, 6) is -0.154. The zero-order valence-corrected chi connectivity index (χ0v) is 11.1. The SMILES string of the molecule is CN(CCOC(=O)C(C)(C)C)c1ccccc1. The van der Waals surface area contributed by atoms with Crippen molar-refractivity contribution in [3.63, 3.8) is 0 Å². The van der Waals surface area contributed by atoms with Crippen LogP contribution < -0.4 is 4.90 Å². The van der Waals surface area contributed by atoms with Crippen molar-refractivity contribution >= 4 is 11.7 Å². The van der Waals surface area contributed by atoms with Crippen LogP contribution in [0.5, 0.6) is 0 Å². The Hall–Kier alpha value is -1.51. The van der Waals surface area contributed by atoms with Crippen molar-refractivity contribution in [3.8, 4) is 0 Å². The number of esters is 1. The second-order valence-corrected chi connectivity index (χ2v) is 5.14. The summed E-state index contributed by atoms with van der Waals surface area (Å²) in [6, 6.07) is 10.0. The molecule has 3 nitrogen and oxygen atoms in total. The van der Waals surface area contributed by atoms with Crippen LogP contribution in [-0.2, 0) is 9.53 Å². The van der Waals surface area contributed by atoms with Crippen LogP contribution in [0.3, 0.4) is 0 Å². The van der Waals surface area contributed by atoms with Crippen molar-refractivity contribution in [2.75, 3.05) is 25.1 Å². The lowest BCUT2D eigenvalue weighted by molar-refractivity contribution is -0.152. The van der Waals surface area contributed by atoms with Crippen LogP contribution in [-0.4, -0.2) is 26.2 Å². The van der Waals surface area contributed by atoms with E-state index in [9.17, 15) is 4.79 Å². The molecule has 0 N–H and O–H groups in total. The van der Waals surface area contributed by atoms with E-state index in [-0.39, 0.29) is 5.97 Å². The average molecular weight is 235 g/mol. The maximum Gasteiger partial charge on any atom is 0.311 e. The molecule has 0 aliphatic carbocycles. The van der Waals surface area contributed by atoms with Crippen LogP contribution in [0.15, 0.2) is 30.3 Å². The lowest BCUT2D eigenvalue weighted by atomic mass is 9.97. The topological polar surface area (TPSA) is 29.5 Å². The Balaban J connectivity index is 2.35. The summed E-state index contributed by atoms with van der Waals surface area (Å²) >= 11 is 0. The molecule has 0 saturated carbocycles. The largest absolute Gasteiger partial charge is 0.463 e. The maximum atomic E-state index is 11.5. The number of para-hydroxylation sites is 1. The van der Waals surface area contributed by atoms with E-state index in [2.05, 4.69) is 4.90 Å². The Morgan fingerprint density at radius 1 is 1.24 bits per heavy atom. The Bertz CT molecular complexity index is 354. The Labute approximate surface area is 103 Å². The molecular weight excluding hydrogens is 214 g/mol. The van der Waals surface area contributed by atoms with Crippen molar-refractivity contribution in [3.05, 3.63) is 30.3 Å². The van der Waals surface area contributed by atoms with Gasteiger partial charge in [-0.05, 0) is 32.9 Å². The third-order valence-electron chi connectivity index (χ3n) is 2.47. The van der Waals surface area contributed by atoms with E-state index >= 15 is 0 Å². The van der Waals surface area contributed by atoms with E-state index in [0.717, 1.165) is 5.69 Å². The molecule has 0 atom stereocenters. The summed E-state index contributed by atoms with van der Waals surface area (Å²) in [5, 5.41) is 0. The molecular formula is C14H21NO2. The van der Waals surface area contributed by atoms with Crippen molar-refractivity contribution in [1.82, 2.24) is 0 Å². The van der Waals surface area contributed by atoms with Crippen LogP contribution in [0.25, 0.3) is 0 Å². The summed E-state index contributed by atoms with van der Waals surface area (Å²) in [7, 11) is 1.99. The number of hydrogen-bond acceptors (Lipinski definition) is 3. The van der Waals surface area contributed by atoms with E-state index in [4.69, 9.17) is 4.74 Å². The number of benzene rings is 1. The first-order valence-corrected chi connectivity index (χ1v) is 5.84. The number of carbonyl (C=O) groups excluding carboxylic acids is 1. The zero-order valence-electron chi connectivity index (χ0n) is 11.1. The van der Waals surface area contributed by atoms with Gasteiger partial charge in [0.25, 0.3) is 0 Å². The molecule has 1 aromatic carbocycles. The summed E-state index contributed by atoms with van der Waals surface area (Å²) in [6.45, 7) is 6.69. The minimum Gasteiger partial charge on any atom is -0.463 e. The van der Waals surface area contributed by atoms with Gasteiger partial charge in [-0.15, -0.1) is 0 Å². The molecule has 0 aliphatic rings. The van der Waals surface area contributed by atoms with Crippen LogP contribution >= 0.6 is 0 Å². The predicted octanol–water partition coefficient (Wildman–Crippen LogP) is 2.71. The predicted molar refractivity (Wildman–Crippen MR) is 70.1 cm³/mol. The number of carbonyl (C=O) groups is 1. The van der Waals surface area contributed by atoms with Crippen LogP contribution in [0, 0.1) is 5.41 Å². The molecule has 3 heteroatoms. The normalized spacial score (nSPS) is 11.1. The first-order chi connectivity index (χ1) is 7.91. The summed E-state index contributed by atoms with van der Waals surface area (Å²) < 4.78 is 5.22. The fourth-order valence-electron chi connectivity index (χ4n) is 1.30. The quantitative estimate of drug-likeness (QED) is 0.751. The molecule has 0 unspecified atom stereocenters. The lowest BCUT2D eigenvalue weighted by Crippen LogP contribution is -2.28. The van der Waals surface area contributed by atoms with Gasteiger partial charge in [0.05, 0.1) is 12.0 Å². The van der Waals surface area contributed by atoms with E-state index in [1.165, 1.54) is 0 Å². The fourth-order valence-corrected chi connectivity index (χ4v) is 1.30. The minimum atomic E-state index is -0.425. The second kappa shape index (κ2) is 5.71. The summed E-state index contributed by atoms with van der Waals surface area (Å²) in [4.78, 5) is 13.6. The first-order valence-electron chi connectivity index (χ1n) is 5.84. The minimum absolute atomic E-state index is 0.154. The molecule has 0 fully saturated rings. The van der Waals surface area contributed by atoms with Crippen LogP contribution in [0.1, 0.15) is 20.8 Å². The third-order valence-corrected chi connectivity index (χ3v) is 2.47. The van der Waals surface area contributed by atoms with E-state index < -0.39 is 5.41 Å². The second-order valence-electron chi connectivity index (χ2n) is 5.14. The molecule has 0 saturated heterocycles. The van der Waals surface area contributed by atoms with Crippen molar-refractivity contribution in [2.45, 2.75) is 20.8 Å². The average Bonchev–Trinajstić information content (AvgIpc) is 2.28. The van der Waals surface area contributed by atoms with Crippen molar-refractivity contribution in [1.29, 1.82) is 0 Å². The van der Waals surface area contributed by atoms with Gasteiger partial charge in [-0.1, -0.05) is 18.2 Å². The maximum absolute atomic E-state index is 11.5. The molecule has 17 heavy (non-hydrogen) atoms. The van der Waals surface area contributed by atoms with Crippen molar-refractivity contribution < 1.29 is 9.53 Å².